The lowest BCUT2D eigenvalue weighted by Crippen LogP contribution is -2.23. The van der Waals surface area contributed by atoms with E-state index in [1.165, 1.54) is 6.33 Å². The highest BCUT2D eigenvalue weighted by Crippen LogP contribution is 2.34. The van der Waals surface area contributed by atoms with Gasteiger partial charge in [-0.05, 0) is 48.6 Å². The molecule has 9 nitrogen and oxygen atoms in total. The Balaban J connectivity index is 1.99. The molecule has 0 aliphatic heterocycles. The van der Waals surface area contributed by atoms with Crippen molar-refractivity contribution in [1.82, 2.24) is 19.9 Å². The molecule has 0 unspecified atom stereocenters. The van der Waals surface area contributed by atoms with E-state index in [0.717, 1.165) is 31.6 Å². The zero-order chi connectivity index (χ0) is 21.8. The maximum Gasteiger partial charge on any atom is 0.404 e. The maximum atomic E-state index is 11.0. The van der Waals surface area contributed by atoms with Gasteiger partial charge in [0.15, 0.2) is 0 Å². The van der Waals surface area contributed by atoms with Crippen molar-refractivity contribution in [2.45, 2.75) is 33.0 Å². The molecule has 160 valence electrons. The van der Waals surface area contributed by atoms with Crippen molar-refractivity contribution in [1.29, 1.82) is 0 Å². The second kappa shape index (κ2) is 9.37. The Labute approximate surface area is 187 Å². The quantitative estimate of drug-likeness (QED) is 0.381. The molecule has 10 heteroatoms. The molecule has 2 heterocycles. The van der Waals surface area contributed by atoms with Gasteiger partial charge in [-0.2, -0.15) is 0 Å². The van der Waals surface area contributed by atoms with Crippen LogP contribution < -0.4 is 20.1 Å². The summed E-state index contributed by atoms with van der Waals surface area (Å²) in [5.74, 6) is 2.12. The topological polar surface area (TPSA) is 111 Å². The first-order valence-corrected chi connectivity index (χ1v) is 10.4. The second-order valence-electron chi connectivity index (χ2n) is 6.84. The fraction of sp³-hybridized carbons (Fsp3) is 0.350. The van der Waals surface area contributed by atoms with E-state index in [9.17, 15) is 4.79 Å². The fourth-order valence-corrected chi connectivity index (χ4v) is 4.28. The Hall–Kier alpha value is -2.76. The number of nitrogens with one attached hydrogen (secondary N) is 2. The van der Waals surface area contributed by atoms with Gasteiger partial charge in [0.25, 0.3) is 0 Å². The van der Waals surface area contributed by atoms with E-state index in [2.05, 4.69) is 43.2 Å². The standard InChI is InChI=1S/C20H24IN5O4/c1-11(2)26-14(9-23-20(27)28)17(21)16-18(24-10-25-19(16)26)22-8-12-5-6-13(29-3)7-15(12)30-4/h5-7,10-11,23H,8-9H2,1-4H3,(H,27,28)(H,22,24,25). The van der Waals surface area contributed by atoms with E-state index in [-0.39, 0.29) is 12.6 Å². The van der Waals surface area contributed by atoms with Gasteiger partial charge in [-0.3, -0.25) is 0 Å². The molecule has 0 aliphatic carbocycles. The predicted molar refractivity (Wildman–Crippen MR) is 122 cm³/mol. The minimum Gasteiger partial charge on any atom is -0.497 e. The predicted octanol–water partition coefficient (Wildman–Crippen LogP) is 4.01. The van der Waals surface area contributed by atoms with Gasteiger partial charge in [0.1, 0.15) is 29.3 Å². The number of aromatic nitrogens is 3. The molecule has 3 rings (SSSR count). The first-order chi connectivity index (χ1) is 14.4. The first-order valence-electron chi connectivity index (χ1n) is 9.32. The van der Waals surface area contributed by atoms with Crippen LogP contribution in [0, 0.1) is 3.57 Å². The lowest BCUT2D eigenvalue weighted by Gasteiger charge is -2.14. The van der Waals surface area contributed by atoms with Crippen molar-refractivity contribution in [2.24, 2.45) is 0 Å². The van der Waals surface area contributed by atoms with Gasteiger partial charge in [-0.15, -0.1) is 0 Å². The van der Waals surface area contributed by atoms with Crippen LogP contribution in [0.3, 0.4) is 0 Å². The number of carbonyl (C=O) groups is 1. The van der Waals surface area contributed by atoms with Crippen LogP contribution in [-0.4, -0.2) is 40.0 Å². The maximum absolute atomic E-state index is 11.0. The Kier molecular flexibility index (Phi) is 6.85. The Bertz CT molecular complexity index is 1070. The zero-order valence-corrected chi connectivity index (χ0v) is 19.4. The van der Waals surface area contributed by atoms with Crippen LogP contribution in [0.1, 0.15) is 31.1 Å². The molecule has 3 aromatic rings. The SMILES string of the molecule is COc1ccc(CNc2ncnc3c2c(I)c(CNC(=O)O)n3C(C)C)c(OC)c1. The molecule has 1 aromatic carbocycles. The molecule has 1 amide bonds. The van der Waals surface area contributed by atoms with Crippen molar-refractivity contribution in [3.63, 3.8) is 0 Å². The lowest BCUT2D eigenvalue weighted by atomic mass is 10.2. The third-order valence-electron chi connectivity index (χ3n) is 4.68. The fourth-order valence-electron chi connectivity index (χ4n) is 3.33. The summed E-state index contributed by atoms with van der Waals surface area (Å²) in [6.45, 7) is 4.76. The van der Waals surface area contributed by atoms with E-state index >= 15 is 0 Å². The van der Waals surface area contributed by atoms with Crippen LogP contribution in [-0.2, 0) is 13.1 Å². The van der Waals surface area contributed by atoms with Gasteiger partial charge < -0.3 is 29.8 Å². The number of fused-ring (bicyclic) bond motifs is 1. The van der Waals surface area contributed by atoms with Gasteiger partial charge in [-0.25, -0.2) is 14.8 Å². The number of nitrogens with zero attached hydrogens (tertiary/aromatic N) is 3. The summed E-state index contributed by atoms with van der Waals surface area (Å²) in [5.41, 5.74) is 2.57. The summed E-state index contributed by atoms with van der Waals surface area (Å²) < 4.78 is 13.7. The van der Waals surface area contributed by atoms with Crippen LogP contribution in [0.25, 0.3) is 11.0 Å². The molecule has 0 aliphatic rings. The normalized spacial score (nSPS) is 11.0. The number of methoxy groups -OCH3 is 2. The highest BCUT2D eigenvalue weighted by atomic mass is 127. The number of carboxylic acid groups (broad SMARTS) is 1. The van der Waals surface area contributed by atoms with E-state index in [0.29, 0.717) is 18.1 Å². The number of hydrogen-bond donors (Lipinski definition) is 3. The number of benzene rings is 1. The molecule has 0 spiro atoms. The molecule has 0 bridgehead atoms. The summed E-state index contributed by atoms with van der Waals surface area (Å²) in [7, 11) is 3.23. The van der Waals surface area contributed by atoms with Gasteiger partial charge >= 0.3 is 6.09 Å². The minimum absolute atomic E-state index is 0.103. The molecule has 30 heavy (non-hydrogen) atoms. The second-order valence-corrected chi connectivity index (χ2v) is 7.91. The van der Waals surface area contributed by atoms with Crippen LogP contribution in [0.15, 0.2) is 24.5 Å². The summed E-state index contributed by atoms with van der Waals surface area (Å²) in [6.07, 6.45) is 0.446. The third kappa shape index (κ3) is 4.37. The molecule has 0 fully saturated rings. The van der Waals surface area contributed by atoms with Gasteiger partial charge in [-0.1, -0.05) is 0 Å². The van der Waals surface area contributed by atoms with Crippen LogP contribution in [0.4, 0.5) is 10.6 Å². The van der Waals surface area contributed by atoms with E-state index in [4.69, 9.17) is 14.6 Å². The average molecular weight is 525 g/mol. The van der Waals surface area contributed by atoms with Crippen LogP contribution in [0.5, 0.6) is 11.5 Å². The summed E-state index contributed by atoms with van der Waals surface area (Å²) in [4.78, 5) is 19.9. The number of hydrogen-bond acceptors (Lipinski definition) is 6. The number of rotatable bonds is 8. The average Bonchev–Trinajstić information content (AvgIpc) is 3.03. The van der Waals surface area contributed by atoms with E-state index < -0.39 is 6.09 Å². The summed E-state index contributed by atoms with van der Waals surface area (Å²) >= 11 is 2.23. The van der Waals surface area contributed by atoms with E-state index in [1.807, 2.05) is 36.6 Å². The number of halogens is 1. The highest BCUT2D eigenvalue weighted by Gasteiger charge is 2.22. The van der Waals surface area contributed by atoms with Crippen LogP contribution in [0.2, 0.25) is 0 Å². The molecular weight excluding hydrogens is 501 g/mol. The van der Waals surface area contributed by atoms with Gasteiger partial charge in [0.2, 0.25) is 0 Å². The van der Waals surface area contributed by atoms with Gasteiger partial charge in [0.05, 0.1) is 31.8 Å². The zero-order valence-electron chi connectivity index (χ0n) is 17.2. The molecular formula is C20H24IN5O4. The highest BCUT2D eigenvalue weighted by molar-refractivity contribution is 14.1. The lowest BCUT2D eigenvalue weighted by molar-refractivity contribution is 0.193. The van der Waals surface area contributed by atoms with Crippen molar-refractivity contribution < 1.29 is 19.4 Å². The molecule has 0 radical (unpaired) electrons. The van der Waals surface area contributed by atoms with Crippen molar-refractivity contribution in [2.75, 3.05) is 19.5 Å². The van der Waals surface area contributed by atoms with Crippen molar-refractivity contribution in [3.8, 4) is 11.5 Å². The molecule has 0 saturated carbocycles. The third-order valence-corrected chi connectivity index (χ3v) is 5.85. The smallest absolute Gasteiger partial charge is 0.404 e. The number of ether oxygens (including phenoxy) is 2. The van der Waals surface area contributed by atoms with Crippen LogP contribution >= 0.6 is 22.6 Å². The molecule has 2 aromatic heterocycles. The minimum atomic E-state index is -1.07. The Morgan fingerprint density at radius 2 is 2.00 bits per heavy atom. The van der Waals surface area contributed by atoms with E-state index in [1.54, 1.807) is 14.2 Å². The molecule has 0 saturated heterocycles. The summed E-state index contributed by atoms with van der Waals surface area (Å²) in [5, 5.41) is 15.7. The molecule has 0 atom stereocenters. The Morgan fingerprint density at radius 3 is 2.63 bits per heavy atom. The van der Waals surface area contributed by atoms with Crippen molar-refractivity contribution >= 4 is 45.5 Å². The number of amides is 1. The monoisotopic (exact) mass is 525 g/mol. The largest absolute Gasteiger partial charge is 0.497 e. The van der Waals surface area contributed by atoms with Gasteiger partial charge in [0, 0.05) is 27.8 Å². The number of anilines is 1. The Morgan fingerprint density at radius 1 is 1.23 bits per heavy atom. The molecule has 3 N–H and O–H groups in total. The first kappa shape index (κ1) is 21.9. The van der Waals surface area contributed by atoms with Crippen molar-refractivity contribution in [3.05, 3.63) is 39.4 Å². The summed E-state index contributed by atoms with van der Waals surface area (Å²) in [6, 6.07) is 5.76.